The summed E-state index contributed by atoms with van der Waals surface area (Å²) in [6.07, 6.45) is 8.60. The number of aromatic hydroxyl groups is 1. The van der Waals surface area contributed by atoms with Gasteiger partial charge in [0.25, 0.3) is 0 Å². The summed E-state index contributed by atoms with van der Waals surface area (Å²) in [5.41, 5.74) is 0.871. The van der Waals surface area contributed by atoms with Gasteiger partial charge in [0.2, 0.25) is 0 Å². The molecular formula is C38H36ClF2N5O3. The van der Waals surface area contributed by atoms with Gasteiger partial charge in [0.15, 0.2) is 5.82 Å². The average molecular weight is 687 g/mol. The molecule has 49 heavy (non-hydrogen) atoms. The molecule has 0 saturated carbocycles. The molecule has 0 amide bonds. The number of nitrogens with one attached hydrogen (secondary N) is 1. The minimum absolute atomic E-state index is 0.0138. The molecule has 2 bridgehead atoms. The molecule has 8 rings (SSSR count). The van der Waals surface area contributed by atoms with Crippen LogP contribution in [0.4, 0.5) is 14.6 Å². The van der Waals surface area contributed by atoms with Gasteiger partial charge in [-0.15, -0.1) is 6.42 Å². The zero-order chi connectivity index (χ0) is 36.7. The highest BCUT2D eigenvalue weighted by molar-refractivity contribution is 6.35. The van der Waals surface area contributed by atoms with Crippen molar-refractivity contribution < 1.29 is 27.5 Å². The van der Waals surface area contributed by atoms with Gasteiger partial charge >= 0.3 is 6.01 Å². The maximum absolute atomic E-state index is 17.3. The largest absolute Gasteiger partial charge is 0.508 e. The van der Waals surface area contributed by atoms with Crippen LogP contribution in [0.25, 0.3) is 32.8 Å². The van der Waals surface area contributed by atoms with E-state index in [1.54, 1.807) is 6.07 Å². The maximum Gasteiger partial charge on any atom is 0.319 e. The van der Waals surface area contributed by atoms with E-state index in [2.05, 4.69) is 34.3 Å². The van der Waals surface area contributed by atoms with E-state index in [1.807, 2.05) is 4.90 Å². The number of fused-ring (bicyclic) bond motifs is 5. The smallest absolute Gasteiger partial charge is 0.319 e. The van der Waals surface area contributed by atoms with Crippen molar-refractivity contribution in [1.82, 2.24) is 20.2 Å². The second kappa shape index (κ2) is 11.7. The number of aromatic nitrogens is 2. The summed E-state index contributed by atoms with van der Waals surface area (Å²) in [4.78, 5) is 13.7. The first kappa shape index (κ1) is 28.6. The van der Waals surface area contributed by atoms with E-state index >= 15 is 8.78 Å². The molecule has 4 fully saturated rings. The third kappa shape index (κ3) is 5.22. The van der Waals surface area contributed by atoms with E-state index in [1.165, 1.54) is 24.3 Å². The number of hydrogen-bond donors (Lipinski definition) is 2. The van der Waals surface area contributed by atoms with Crippen LogP contribution >= 0.6 is 11.6 Å². The Morgan fingerprint density at radius 2 is 1.98 bits per heavy atom. The minimum Gasteiger partial charge on any atom is -0.508 e. The molecule has 8 nitrogen and oxygen atoms in total. The van der Waals surface area contributed by atoms with Crippen LogP contribution in [0.3, 0.4) is 0 Å². The maximum atomic E-state index is 17.3. The Labute approximate surface area is 292 Å². The molecule has 4 aliphatic heterocycles. The van der Waals surface area contributed by atoms with Gasteiger partial charge in [0.1, 0.15) is 29.5 Å². The number of phenolic OH excluding ortho intramolecular Hbond substituents is 1. The summed E-state index contributed by atoms with van der Waals surface area (Å²) < 4.78 is 66.9. The fourth-order valence-electron chi connectivity index (χ4n) is 8.57. The normalized spacial score (nSPS) is 24.2. The highest BCUT2D eigenvalue weighted by Crippen LogP contribution is 2.46. The Kier molecular flexibility index (Phi) is 6.80. The van der Waals surface area contributed by atoms with Gasteiger partial charge in [-0.25, -0.2) is 8.78 Å². The fraction of sp³-hybridized carbons (Fsp3) is 0.368. The van der Waals surface area contributed by atoms with Gasteiger partial charge in [-0.2, -0.15) is 9.97 Å². The fourth-order valence-corrected chi connectivity index (χ4v) is 8.87. The molecule has 0 aliphatic carbocycles. The number of hydrogen-bond acceptors (Lipinski definition) is 8. The van der Waals surface area contributed by atoms with E-state index in [-0.39, 0.29) is 69.2 Å². The van der Waals surface area contributed by atoms with Crippen molar-refractivity contribution in [2.24, 2.45) is 0 Å². The third-order valence-corrected chi connectivity index (χ3v) is 10.8. The number of terminal acetylenes is 1. The van der Waals surface area contributed by atoms with Crippen molar-refractivity contribution in [1.29, 1.82) is 0 Å². The van der Waals surface area contributed by atoms with Gasteiger partial charge in [-0.3, -0.25) is 4.90 Å². The van der Waals surface area contributed by atoms with Crippen LogP contribution in [0.15, 0.2) is 54.6 Å². The molecule has 5 heterocycles. The SMILES string of the molecule is [2H]C([2H])([2H])OCC12CCC(CN(c3nc(OCC45CC(=C)CN4CC(=C)C5)nc4c(F)c(-c5cc(O)cc6ccc(F)c(C#C)c56)c(Cl)cc34)C1)N2. The Morgan fingerprint density at radius 3 is 2.73 bits per heavy atom. The quantitative estimate of drug-likeness (QED) is 0.172. The van der Waals surface area contributed by atoms with E-state index in [9.17, 15) is 5.11 Å². The van der Waals surface area contributed by atoms with Crippen molar-refractivity contribution in [2.75, 3.05) is 51.3 Å². The summed E-state index contributed by atoms with van der Waals surface area (Å²) in [6.45, 7) is 10.8. The highest BCUT2D eigenvalue weighted by atomic mass is 35.5. The number of anilines is 1. The van der Waals surface area contributed by atoms with Crippen LogP contribution in [0.2, 0.25) is 5.02 Å². The Hall–Kier alpha value is -4.27. The topological polar surface area (TPSA) is 83.0 Å². The molecule has 2 N–H and O–H groups in total. The first-order valence-electron chi connectivity index (χ1n) is 17.7. The van der Waals surface area contributed by atoms with Gasteiger partial charge in [0, 0.05) is 55.6 Å². The van der Waals surface area contributed by atoms with Crippen molar-refractivity contribution in [3.63, 3.8) is 0 Å². The van der Waals surface area contributed by atoms with E-state index in [4.69, 9.17) is 36.6 Å². The number of halogens is 3. The molecule has 0 radical (unpaired) electrons. The van der Waals surface area contributed by atoms with E-state index in [0.717, 1.165) is 30.7 Å². The predicted molar refractivity (Wildman–Crippen MR) is 187 cm³/mol. The predicted octanol–water partition coefficient (Wildman–Crippen LogP) is 6.37. The van der Waals surface area contributed by atoms with Crippen LogP contribution in [-0.4, -0.2) is 83.5 Å². The van der Waals surface area contributed by atoms with Crippen LogP contribution in [-0.2, 0) is 4.74 Å². The first-order chi connectivity index (χ1) is 24.7. The number of rotatable bonds is 7. The zero-order valence-electron chi connectivity index (χ0n) is 29.7. The first-order valence-corrected chi connectivity index (χ1v) is 16.5. The molecule has 4 aliphatic rings. The average Bonchev–Trinajstić information content (AvgIpc) is 3.67. The standard InChI is InChI=1S/C38H36ClF2N5O3/c1-5-26-30(40)7-6-23-10-25(47)11-27(31(23)26)32-29(39)12-28-34(33(32)41)42-36(49-20-38-13-21(2)15-46(38)16-22(3)14-38)43-35(28)45-17-24-8-9-37(18-45,44-24)19-48-4/h1,6-7,10-12,24,44,47H,2-3,8-9,13-20H2,4H3/i4D3. The van der Waals surface area contributed by atoms with Crippen molar-refractivity contribution in [2.45, 2.75) is 42.8 Å². The summed E-state index contributed by atoms with van der Waals surface area (Å²) in [5.74, 6) is 1.02. The lowest BCUT2D eigenvalue weighted by Gasteiger charge is -2.42. The number of ether oxygens (including phenoxy) is 2. The zero-order valence-corrected chi connectivity index (χ0v) is 27.5. The number of phenols is 1. The van der Waals surface area contributed by atoms with E-state index < -0.39 is 24.2 Å². The number of methoxy groups -OCH3 is 1. The van der Waals surface area contributed by atoms with Gasteiger partial charge < -0.3 is 24.8 Å². The lowest BCUT2D eigenvalue weighted by Crippen LogP contribution is -2.61. The lowest BCUT2D eigenvalue weighted by atomic mass is 9.92. The molecule has 3 aromatic carbocycles. The lowest BCUT2D eigenvalue weighted by molar-refractivity contribution is 0.107. The van der Waals surface area contributed by atoms with Crippen LogP contribution < -0.4 is 15.0 Å². The molecule has 0 spiro atoms. The molecule has 11 heteroatoms. The van der Waals surface area contributed by atoms with Crippen molar-refractivity contribution in [3.8, 4) is 35.2 Å². The van der Waals surface area contributed by atoms with E-state index in [0.29, 0.717) is 48.9 Å². The number of piperazine rings is 1. The molecule has 2 unspecified atom stereocenters. The Bertz CT molecular complexity index is 2220. The van der Waals surface area contributed by atoms with Crippen molar-refractivity contribution >= 4 is 39.1 Å². The number of nitrogens with zero attached hydrogens (tertiary/aromatic N) is 4. The van der Waals surface area contributed by atoms with Crippen molar-refractivity contribution in [3.05, 3.63) is 76.9 Å². The summed E-state index contributed by atoms with van der Waals surface area (Å²) in [7, 11) is -2.57. The van der Waals surface area contributed by atoms with Gasteiger partial charge in [0.05, 0.1) is 32.4 Å². The molecular weight excluding hydrogens is 648 g/mol. The minimum atomic E-state index is -2.57. The molecule has 1 aromatic heterocycles. The van der Waals surface area contributed by atoms with Crippen LogP contribution in [0.5, 0.6) is 11.8 Å². The summed E-state index contributed by atoms with van der Waals surface area (Å²) >= 11 is 6.92. The number of benzene rings is 3. The van der Waals surface area contributed by atoms with Crippen LogP contribution in [0, 0.1) is 24.0 Å². The molecule has 4 aromatic rings. The summed E-state index contributed by atoms with van der Waals surface area (Å²) in [6, 6.07) is 6.84. The second-order valence-corrected chi connectivity index (χ2v) is 14.4. The Balaban J connectivity index is 1.28. The summed E-state index contributed by atoms with van der Waals surface area (Å²) in [5, 5.41) is 15.1. The molecule has 252 valence electrons. The highest BCUT2D eigenvalue weighted by Gasteiger charge is 2.48. The molecule has 2 atom stereocenters. The monoisotopic (exact) mass is 686 g/mol. The second-order valence-electron chi connectivity index (χ2n) is 14.0. The third-order valence-electron chi connectivity index (χ3n) is 10.5. The molecule has 4 saturated heterocycles. The Morgan fingerprint density at radius 1 is 1.18 bits per heavy atom. The van der Waals surface area contributed by atoms with Gasteiger partial charge in [-0.1, -0.05) is 47.9 Å². The van der Waals surface area contributed by atoms with Crippen LogP contribution in [0.1, 0.15) is 35.4 Å². The van der Waals surface area contributed by atoms with Gasteiger partial charge in [-0.05, 0) is 60.9 Å².